The van der Waals surface area contributed by atoms with Crippen molar-refractivity contribution >= 4 is 23.3 Å². The molecule has 5 nitrogen and oxygen atoms in total. The number of ether oxygens (including phenoxy) is 1. The number of anilines is 1. The van der Waals surface area contributed by atoms with Gasteiger partial charge in [-0.2, -0.15) is 0 Å². The maximum atomic E-state index is 11.9. The molecule has 0 spiro atoms. The van der Waals surface area contributed by atoms with Gasteiger partial charge in [0.2, 0.25) is 0 Å². The lowest BCUT2D eigenvalue weighted by Crippen LogP contribution is -2.12. The zero-order valence-corrected chi connectivity index (χ0v) is 10.6. The number of nitrogens with one attached hydrogen (secondary N) is 1. The molecule has 94 valence electrons. The molecule has 0 aliphatic heterocycles. The summed E-state index contributed by atoms with van der Waals surface area (Å²) in [5.41, 5.74) is 0.418. The Bertz CT molecular complexity index is 580. The van der Waals surface area contributed by atoms with Crippen LogP contribution < -0.4 is 10.1 Å². The maximum Gasteiger partial charge on any atom is 0.256 e. The van der Waals surface area contributed by atoms with Gasteiger partial charge in [-0.3, -0.25) is 4.79 Å². The van der Waals surface area contributed by atoms with Gasteiger partial charge in [-0.05, 0) is 25.1 Å². The van der Waals surface area contributed by atoms with Crippen molar-refractivity contribution in [2.45, 2.75) is 6.92 Å². The van der Waals surface area contributed by atoms with E-state index in [0.29, 0.717) is 27.9 Å². The summed E-state index contributed by atoms with van der Waals surface area (Å²) in [5.74, 6) is 1.20. The number of amides is 1. The monoisotopic (exact) mass is 266 g/mol. The van der Waals surface area contributed by atoms with Crippen LogP contribution in [0.3, 0.4) is 0 Å². The Morgan fingerprint density at radius 2 is 2.22 bits per heavy atom. The highest BCUT2D eigenvalue weighted by atomic mass is 35.5. The van der Waals surface area contributed by atoms with Crippen molar-refractivity contribution in [3.63, 3.8) is 0 Å². The fraction of sp³-hybridized carbons (Fsp3) is 0.167. The van der Waals surface area contributed by atoms with Crippen molar-refractivity contribution in [1.29, 1.82) is 0 Å². The zero-order valence-electron chi connectivity index (χ0n) is 9.86. The standard InChI is InChI=1S/C12H11ClN2O3/c1-7-5-11(15-18-7)14-12(16)8-3-4-10(17-2)9(13)6-8/h3-6H,1-2H3,(H,14,15,16). The Morgan fingerprint density at radius 1 is 1.44 bits per heavy atom. The third-order valence-corrected chi connectivity index (χ3v) is 2.58. The fourth-order valence-corrected chi connectivity index (χ4v) is 1.68. The molecule has 0 bridgehead atoms. The van der Waals surface area contributed by atoms with Gasteiger partial charge in [-0.15, -0.1) is 0 Å². The summed E-state index contributed by atoms with van der Waals surface area (Å²) in [6.07, 6.45) is 0. The Labute approximate surface area is 109 Å². The summed E-state index contributed by atoms with van der Waals surface area (Å²) in [7, 11) is 1.51. The zero-order chi connectivity index (χ0) is 13.1. The lowest BCUT2D eigenvalue weighted by molar-refractivity contribution is 0.102. The number of carbonyl (C=O) groups is 1. The molecule has 1 aromatic heterocycles. The number of hydrogen-bond donors (Lipinski definition) is 1. The normalized spacial score (nSPS) is 10.2. The van der Waals surface area contributed by atoms with Gasteiger partial charge in [0.25, 0.3) is 5.91 Å². The molecule has 2 aromatic rings. The number of benzene rings is 1. The lowest BCUT2D eigenvalue weighted by atomic mass is 10.2. The van der Waals surface area contributed by atoms with Gasteiger partial charge >= 0.3 is 0 Å². The number of nitrogens with zero attached hydrogens (tertiary/aromatic N) is 1. The third kappa shape index (κ3) is 2.62. The Morgan fingerprint density at radius 3 is 2.78 bits per heavy atom. The molecule has 0 unspecified atom stereocenters. The van der Waals surface area contributed by atoms with Gasteiger partial charge in [-0.1, -0.05) is 16.8 Å². The number of hydrogen-bond acceptors (Lipinski definition) is 4. The highest BCUT2D eigenvalue weighted by molar-refractivity contribution is 6.32. The van der Waals surface area contributed by atoms with Crippen LogP contribution in [0.1, 0.15) is 16.1 Å². The molecule has 6 heteroatoms. The molecule has 1 aromatic carbocycles. The Hall–Kier alpha value is -2.01. The first-order chi connectivity index (χ1) is 8.60. The van der Waals surface area contributed by atoms with E-state index in [9.17, 15) is 4.79 Å². The number of rotatable bonds is 3. The van der Waals surface area contributed by atoms with E-state index in [1.54, 1.807) is 25.1 Å². The van der Waals surface area contributed by atoms with E-state index in [-0.39, 0.29) is 5.91 Å². The van der Waals surface area contributed by atoms with Gasteiger partial charge in [0.15, 0.2) is 5.82 Å². The Balaban J connectivity index is 2.16. The van der Waals surface area contributed by atoms with E-state index in [0.717, 1.165) is 0 Å². The van der Waals surface area contributed by atoms with Crippen LogP contribution >= 0.6 is 11.6 Å². The van der Waals surface area contributed by atoms with Gasteiger partial charge in [-0.25, -0.2) is 0 Å². The van der Waals surface area contributed by atoms with Crippen LogP contribution in [0.2, 0.25) is 5.02 Å². The van der Waals surface area contributed by atoms with Crippen LogP contribution in [0.15, 0.2) is 28.8 Å². The maximum absolute atomic E-state index is 11.9. The molecule has 1 amide bonds. The van der Waals surface area contributed by atoms with Crippen molar-refractivity contribution in [3.8, 4) is 5.75 Å². The summed E-state index contributed by atoms with van der Waals surface area (Å²) >= 11 is 5.94. The number of methoxy groups -OCH3 is 1. The van der Waals surface area contributed by atoms with Crippen LogP contribution in [-0.2, 0) is 0 Å². The van der Waals surface area contributed by atoms with Crippen LogP contribution in [0.4, 0.5) is 5.82 Å². The van der Waals surface area contributed by atoms with Gasteiger partial charge < -0.3 is 14.6 Å². The number of aromatic nitrogens is 1. The minimum atomic E-state index is -0.312. The number of carbonyl (C=O) groups excluding carboxylic acids is 1. The summed E-state index contributed by atoms with van der Waals surface area (Å²) in [5, 5.41) is 6.65. The minimum absolute atomic E-state index is 0.312. The van der Waals surface area contributed by atoms with Crippen molar-refractivity contribution in [2.24, 2.45) is 0 Å². The predicted octanol–water partition coefficient (Wildman–Crippen LogP) is 2.90. The largest absolute Gasteiger partial charge is 0.495 e. The summed E-state index contributed by atoms with van der Waals surface area (Å²) < 4.78 is 9.86. The molecule has 0 atom stereocenters. The smallest absolute Gasteiger partial charge is 0.256 e. The third-order valence-electron chi connectivity index (χ3n) is 2.28. The Kier molecular flexibility index (Phi) is 3.53. The predicted molar refractivity (Wildman–Crippen MR) is 67.2 cm³/mol. The molecular formula is C12H11ClN2O3. The second-order valence-electron chi connectivity index (χ2n) is 3.63. The second kappa shape index (κ2) is 5.10. The molecule has 0 aliphatic carbocycles. The van der Waals surface area contributed by atoms with E-state index in [1.165, 1.54) is 13.2 Å². The molecule has 0 saturated carbocycles. The van der Waals surface area contributed by atoms with E-state index in [4.69, 9.17) is 20.9 Å². The van der Waals surface area contributed by atoms with Gasteiger partial charge in [0.1, 0.15) is 11.5 Å². The van der Waals surface area contributed by atoms with E-state index in [2.05, 4.69) is 10.5 Å². The lowest BCUT2D eigenvalue weighted by Gasteiger charge is -2.05. The van der Waals surface area contributed by atoms with Crippen molar-refractivity contribution in [2.75, 3.05) is 12.4 Å². The summed E-state index contributed by atoms with van der Waals surface area (Å²) in [6.45, 7) is 1.74. The fourth-order valence-electron chi connectivity index (χ4n) is 1.42. The summed E-state index contributed by atoms with van der Waals surface area (Å²) in [6, 6.07) is 6.41. The van der Waals surface area contributed by atoms with E-state index < -0.39 is 0 Å². The van der Waals surface area contributed by atoms with Crippen LogP contribution in [-0.4, -0.2) is 18.2 Å². The van der Waals surface area contributed by atoms with Crippen LogP contribution in [0, 0.1) is 6.92 Å². The average Bonchev–Trinajstić information content (AvgIpc) is 2.74. The van der Waals surface area contributed by atoms with Crippen molar-refractivity contribution in [1.82, 2.24) is 5.16 Å². The SMILES string of the molecule is COc1ccc(C(=O)Nc2cc(C)on2)cc1Cl. The van der Waals surface area contributed by atoms with Gasteiger partial charge in [0.05, 0.1) is 12.1 Å². The van der Waals surface area contributed by atoms with Crippen molar-refractivity contribution in [3.05, 3.63) is 40.6 Å². The second-order valence-corrected chi connectivity index (χ2v) is 4.03. The van der Waals surface area contributed by atoms with E-state index in [1.807, 2.05) is 0 Å². The number of aryl methyl sites for hydroxylation is 1. The molecule has 2 rings (SSSR count). The first-order valence-electron chi connectivity index (χ1n) is 5.18. The van der Waals surface area contributed by atoms with Crippen LogP contribution in [0.25, 0.3) is 0 Å². The molecule has 1 heterocycles. The van der Waals surface area contributed by atoms with E-state index >= 15 is 0 Å². The number of halogens is 1. The molecule has 0 radical (unpaired) electrons. The first-order valence-corrected chi connectivity index (χ1v) is 5.56. The van der Waals surface area contributed by atoms with Gasteiger partial charge in [0, 0.05) is 11.6 Å². The highest BCUT2D eigenvalue weighted by Crippen LogP contribution is 2.25. The van der Waals surface area contributed by atoms with Crippen molar-refractivity contribution < 1.29 is 14.1 Å². The molecule has 0 aliphatic rings. The minimum Gasteiger partial charge on any atom is -0.495 e. The molecular weight excluding hydrogens is 256 g/mol. The summed E-state index contributed by atoms with van der Waals surface area (Å²) in [4.78, 5) is 11.9. The first kappa shape index (κ1) is 12.4. The quantitative estimate of drug-likeness (QED) is 0.928. The molecule has 18 heavy (non-hydrogen) atoms. The topological polar surface area (TPSA) is 64.4 Å². The average molecular weight is 267 g/mol. The molecule has 1 N–H and O–H groups in total. The molecule has 0 saturated heterocycles. The van der Waals surface area contributed by atoms with Crippen LogP contribution in [0.5, 0.6) is 5.75 Å². The highest BCUT2D eigenvalue weighted by Gasteiger charge is 2.11. The molecule has 0 fully saturated rings.